The maximum absolute atomic E-state index is 12.2. The summed E-state index contributed by atoms with van der Waals surface area (Å²) in [6.45, 7) is 8.35. The van der Waals surface area contributed by atoms with Crippen molar-refractivity contribution in [2.24, 2.45) is 0 Å². The number of carbonyl (C=O) groups is 3. The number of nitrogens with one attached hydrogen (secondary N) is 2. The highest BCUT2D eigenvalue weighted by atomic mass is 16.2. The van der Waals surface area contributed by atoms with Gasteiger partial charge in [-0.1, -0.05) is 64.1 Å². The molecule has 0 atom stereocenters. The normalized spacial score (nSPS) is 11.0. The fourth-order valence-electron chi connectivity index (χ4n) is 2.68. The lowest BCUT2D eigenvalue weighted by molar-refractivity contribution is -0.121. The SMILES string of the molecule is CCc1ccc(C(=O)CCC(=O)NNC(=O)c2ccc(C(C)(C)C)cc2)cc1. The first-order valence-corrected chi connectivity index (χ1v) is 9.52. The molecule has 0 aliphatic rings. The molecule has 0 bridgehead atoms. The zero-order valence-corrected chi connectivity index (χ0v) is 17.0. The lowest BCUT2D eigenvalue weighted by Gasteiger charge is -2.19. The maximum atomic E-state index is 12.2. The minimum atomic E-state index is -0.404. The predicted molar refractivity (Wildman–Crippen MR) is 110 cm³/mol. The van der Waals surface area contributed by atoms with Crippen LogP contribution in [0.4, 0.5) is 0 Å². The van der Waals surface area contributed by atoms with Gasteiger partial charge >= 0.3 is 0 Å². The van der Waals surface area contributed by atoms with E-state index in [2.05, 4.69) is 31.6 Å². The third kappa shape index (κ3) is 6.05. The largest absolute Gasteiger partial charge is 0.294 e. The minimum absolute atomic E-state index is 0.00657. The lowest BCUT2D eigenvalue weighted by atomic mass is 9.87. The Morgan fingerprint density at radius 1 is 0.786 bits per heavy atom. The monoisotopic (exact) mass is 380 g/mol. The summed E-state index contributed by atoms with van der Waals surface area (Å²) in [5, 5.41) is 0. The first-order chi connectivity index (χ1) is 13.2. The molecule has 0 spiro atoms. The van der Waals surface area contributed by atoms with Crippen molar-refractivity contribution >= 4 is 17.6 Å². The number of rotatable bonds is 6. The highest BCUT2D eigenvalue weighted by Gasteiger charge is 2.15. The molecule has 2 aromatic carbocycles. The summed E-state index contributed by atoms with van der Waals surface area (Å²) < 4.78 is 0. The van der Waals surface area contributed by atoms with E-state index in [1.165, 1.54) is 0 Å². The van der Waals surface area contributed by atoms with Crippen LogP contribution < -0.4 is 10.9 Å². The molecule has 0 aliphatic heterocycles. The van der Waals surface area contributed by atoms with Gasteiger partial charge in [0.05, 0.1) is 0 Å². The van der Waals surface area contributed by atoms with Crippen LogP contribution in [0.2, 0.25) is 0 Å². The Balaban J connectivity index is 1.79. The Hall–Kier alpha value is -2.95. The number of hydrazine groups is 1. The van der Waals surface area contributed by atoms with E-state index in [1.807, 2.05) is 31.2 Å². The van der Waals surface area contributed by atoms with Gasteiger partial charge in [-0.05, 0) is 35.1 Å². The Labute approximate surface area is 166 Å². The third-order valence-electron chi connectivity index (χ3n) is 4.59. The highest BCUT2D eigenvalue weighted by Crippen LogP contribution is 2.22. The van der Waals surface area contributed by atoms with Gasteiger partial charge in [0.25, 0.3) is 5.91 Å². The van der Waals surface area contributed by atoms with Crippen LogP contribution >= 0.6 is 0 Å². The molecule has 5 nitrogen and oxygen atoms in total. The Morgan fingerprint density at radius 2 is 1.36 bits per heavy atom. The first kappa shape index (κ1) is 21.4. The van der Waals surface area contributed by atoms with E-state index in [4.69, 9.17) is 0 Å². The van der Waals surface area contributed by atoms with E-state index in [9.17, 15) is 14.4 Å². The number of benzene rings is 2. The molecular formula is C23H28N2O3. The maximum Gasteiger partial charge on any atom is 0.269 e. The Bertz CT molecular complexity index is 832. The van der Waals surface area contributed by atoms with Crippen LogP contribution in [-0.2, 0) is 16.6 Å². The molecule has 5 heteroatoms. The number of Topliss-reactive ketones (excluding diaryl/α,β-unsaturated/α-hetero) is 1. The van der Waals surface area contributed by atoms with Crippen molar-refractivity contribution in [2.45, 2.75) is 52.4 Å². The van der Waals surface area contributed by atoms with E-state index in [0.717, 1.165) is 17.5 Å². The van der Waals surface area contributed by atoms with Gasteiger partial charge < -0.3 is 0 Å². The molecule has 2 N–H and O–H groups in total. The summed E-state index contributed by atoms with van der Waals surface area (Å²) in [4.78, 5) is 36.2. The number of hydrogen-bond donors (Lipinski definition) is 2. The molecule has 0 fully saturated rings. The van der Waals surface area contributed by atoms with Gasteiger partial charge in [-0.3, -0.25) is 25.2 Å². The van der Waals surface area contributed by atoms with E-state index in [1.54, 1.807) is 24.3 Å². The molecule has 28 heavy (non-hydrogen) atoms. The zero-order valence-electron chi connectivity index (χ0n) is 17.0. The van der Waals surface area contributed by atoms with Gasteiger partial charge in [0, 0.05) is 24.0 Å². The topological polar surface area (TPSA) is 75.3 Å². The third-order valence-corrected chi connectivity index (χ3v) is 4.59. The van der Waals surface area contributed by atoms with Crippen LogP contribution in [0.15, 0.2) is 48.5 Å². The fourth-order valence-corrected chi connectivity index (χ4v) is 2.68. The second-order valence-electron chi connectivity index (χ2n) is 7.80. The van der Waals surface area contributed by atoms with Crippen LogP contribution in [0.5, 0.6) is 0 Å². The van der Waals surface area contributed by atoms with Crippen LogP contribution in [-0.4, -0.2) is 17.6 Å². The summed E-state index contributed by atoms with van der Waals surface area (Å²) >= 11 is 0. The van der Waals surface area contributed by atoms with Gasteiger partial charge in [0.15, 0.2) is 5.78 Å². The number of hydrogen-bond acceptors (Lipinski definition) is 3. The quantitative estimate of drug-likeness (QED) is 0.588. The zero-order chi connectivity index (χ0) is 20.7. The average Bonchev–Trinajstić information content (AvgIpc) is 2.69. The van der Waals surface area contributed by atoms with Crippen LogP contribution in [0, 0.1) is 0 Å². The Kier molecular flexibility index (Phi) is 7.10. The van der Waals surface area contributed by atoms with Crippen molar-refractivity contribution in [3.05, 3.63) is 70.8 Å². The van der Waals surface area contributed by atoms with E-state index in [-0.39, 0.29) is 24.0 Å². The summed E-state index contributed by atoms with van der Waals surface area (Å²) in [6.07, 6.45) is 1.01. The van der Waals surface area contributed by atoms with E-state index in [0.29, 0.717) is 11.1 Å². The molecule has 0 unspecified atom stereocenters. The smallest absolute Gasteiger partial charge is 0.269 e. The van der Waals surface area contributed by atoms with Crippen molar-refractivity contribution in [3.63, 3.8) is 0 Å². The van der Waals surface area contributed by atoms with E-state index >= 15 is 0 Å². The van der Waals surface area contributed by atoms with Crippen molar-refractivity contribution in [1.82, 2.24) is 10.9 Å². The standard InChI is InChI=1S/C23H28N2O3/c1-5-16-6-8-17(9-7-16)20(26)14-15-21(27)24-25-22(28)18-10-12-19(13-11-18)23(2,3)4/h6-13H,5,14-15H2,1-4H3,(H,24,27)(H,25,28). The minimum Gasteiger partial charge on any atom is -0.294 e. The molecule has 0 radical (unpaired) electrons. The summed E-state index contributed by atoms with van der Waals surface area (Å²) in [5.41, 5.74) is 8.09. The lowest BCUT2D eigenvalue weighted by Crippen LogP contribution is -2.41. The molecule has 2 aromatic rings. The number of aryl methyl sites for hydroxylation is 1. The summed E-state index contributed by atoms with van der Waals surface area (Å²) in [6, 6.07) is 14.6. The van der Waals surface area contributed by atoms with Crippen molar-refractivity contribution < 1.29 is 14.4 Å². The number of ketones is 1. The molecule has 0 aliphatic carbocycles. The van der Waals surface area contributed by atoms with Gasteiger partial charge in [-0.25, -0.2) is 0 Å². The van der Waals surface area contributed by atoms with Crippen molar-refractivity contribution in [1.29, 1.82) is 0 Å². The van der Waals surface area contributed by atoms with Crippen LogP contribution in [0.1, 0.15) is 72.4 Å². The van der Waals surface area contributed by atoms with Crippen LogP contribution in [0.25, 0.3) is 0 Å². The number of carbonyl (C=O) groups excluding carboxylic acids is 3. The fraction of sp³-hybridized carbons (Fsp3) is 0.348. The second kappa shape index (κ2) is 9.31. The van der Waals surface area contributed by atoms with Crippen molar-refractivity contribution in [3.8, 4) is 0 Å². The molecule has 2 amide bonds. The summed E-state index contributed by atoms with van der Waals surface area (Å²) in [5.74, 6) is -0.893. The van der Waals surface area contributed by atoms with Gasteiger partial charge in [-0.15, -0.1) is 0 Å². The van der Waals surface area contributed by atoms with Crippen LogP contribution in [0.3, 0.4) is 0 Å². The molecule has 2 rings (SSSR count). The van der Waals surface area contributed by atoms with E-state index < -0.39 is 11.8 Å². The van der Waals surface area contributed by atoms with Gasteiger partial charge in [0.1, 0.15) is 0 Å². The van der Waals surface area contributed by atoms with Gasteiger partial charge in [-0.2, -0.15) is 0 Å². The molecular weight excluding hydrogens is 352 g/mol. The highest BCUT2D eigenvalue weighted by molar-refractivity contribution is 5.98. The van der Waals surface area contributed by atoms with Crippen molar-refractivity contribution in [2.75, 3.05) is 0 Å². The molecule has 0 saturated carbocycles. The molecule has 0 aromatic heterocycles. The predicted octanol–water partition coefficient (Wildman–Crippen LogP) is 3.97. The van der Waals surface area contributed by atoms with Gasteiger partial charge in [0.2, 0.25) is 5.91 Å². The summed E-state index contributed by atoms with van der Waals surface area (Å²) in [7, 11) is 0. The molecule has 148 valence electrons. The first-order valence-electron chi connectivity index (χ1n) is 9.52. The average molecular weight is 380 g/mol. The molecule has 0 heterocycles. The number of amides is 2. The Morgan fingerprint density at radius 3 is 1.89 bits per heavy atom. The second-order valence-corrected chi connectivity index (χ2v) is 7.80. The molecule has 0 saturated heterocycles.